The Labute approximate surface area is 168 Å². The van der Waals surface area contributed by atoms with Gasteiger partial charge in [-0.05, 0) is 19.9 Å². The summed E-state index contributed by atoms with van der Waals surface area (Å²) in [6, 6.07) is 4.10. The lowest BCUT2D eigenvalue weighted by Crippen LogP contribution is -2.67. The van der Waals surface area contributed by atoms with E-state index < -0.39 is 21.5 Å². The van der Waals surface area contributed by atoms with Crippen molar-refractivity contribution in [2.24, 2.45) is 5.92 Å². The van der Waals surface area contributed by atoms with Crippen LogP contribution < -0.4 is 0 Å². The van der Waals surface area contributed by atoms with E-state index in [2.05, 4.69) is 26.0 Å². The van der Waals surface area contributed by atoms with Gasteiger partial charge in [0.1, 0.15) is 11.2 Å². The molecule has 4 heterocycles. The monoisotopic (exact) mass is 409 g/mol. The van der Waals surface area contributed by atoms with Crippen LogP contribution in [0.3, 0.4) is 0 Å². The van der Waals surface area contributed by atoms with Gasteiger partial charge in [0.2, 0.25) is 15.7 Å². The highest BCUT2D eigenvalue weighted by molar-refractivity contribution is 7.89. The maximum Gasteiger partial charge on any atom is 0.213 e. The third kappa shape index (κ3) is 2.80. The van der Waals surface area contributed by atoms with Crippen LogP contribution in [-0.2, 0) is 15.6 Å². The van der Waals surface area contributed by atoms with Gasteiger partial charge in [-0.2, -0.15) is 14.7 Å². The van der Waals surface area contributed by atoms with E-state index in [1.807, 2.05) is 6.07 Å². The summed E-state index contributed by atoms with van der Waals surface area (Å²) in [5.74, 6) is -0.422. The molecule has 0 spiro atoms. The average Bonchev–Trinajstić information content (AvgIpc) is 3.35. The normalized spacial score (nSPS) is 17.4. The first-order valence-electron chi connectivity index (χ1n) is 9.13. The number of fused-ring (bicyclic) bond motifs is 1. The molecule has 9 nitrogen and oxygen atoms in total. The minimum Gasteiger partial charge on any atom is -0.346 e. The van der Waals surface area contributed by atoms with Crippen LogP contribution in [0.25, 0.3) is 27.0 Å². The number of aromatic nitrogens is 4. The molecule has 0 unspecified atom stereocenters. The molecule has 148 valence electrons. The minimum atomic E-state index is -3.33. The van der Waals surface area contributed by atoms with Crippen molar-refractivity contribution in [2.75, 3.05) is 18.8 Å². The Bertz CT molecular complexity index is 1270. The Morgan fingerprint density at radius 1 is 1.45 bits per heavy atom. The van der Waals surface area contributed by atoms with Crippen molar-refractivity contribution in [1.29, 1.82) is 5.26 Å². The number of nitrogens with zero attached hydrogens (tertiary/aromatic N) is 6. The molecule has 1 aliphatic heterocycles. The molecule has 4 rings (SSSR count). The molecule has 1 fully saturated rings. The molecule has 1 aliphatic rings. The van der Waals surface area contributed by atoms with Crippen LogP contribution in [0.5, 0.6) is 0 Å². The second-order valence-corrected chi connectivity index (χ2v) is 9.42. The summed E-state index contributed by atoms with van der Waals surface area (Å²) in [6.45, 7) is 11.3. The van der Waals surface area contributed by atoms with E-state index >= 15 is 0 Å². The van der Waals surface area contributed by atoms with Crippen LogP contribution in [0, 0.1) is 23.8 Å². The van der Waals surface area contributed by atoms with Crippen LogP contribution >= 0.6 is 0 Å². The van der Waals surface area contributed by atoms with Gasteiger partial charge in [-0.3, -0.25) is 9.67 Å². The molecule has 0 radical (unpaired) electrons. The van der Waals surface area contributed by atoms with Gasteiger partial charge in [-0.15, -0.1) is 0 Å². The lowest BCUT2D eigenvalue weighted by atomic mass is 9.80. The first-order valence-corrected chi connectivity index (χ1v) is 10.7. The number of sulfonamides is 1. The molecule has 10 heteroatoms. The molecule has 1 N–H and O–H groups in total. The molecular weight excluding hydrogens is 390 g/mol. The van der Waals surface area contributed by atoms with E-state index in [-0.39, 0.29) is 18.8 Å². The highest BCUT2D eigenvalue weighted by Gasteiger charge is 2.53. The maximum absolute atomic E-state index is 12.2. The highest BCUT2D eigenvalue weighted by atomic mass is 32.2. The van der Waals surface area contributed by atoms with Crippen molar-refractivity contribution < 1.29 is 8.42 Å². The molecule has 29 heavy (non-hydrogen) atoms. The minimum absolute atomic E-state index is 0.0191. The van der Waals surface area contributed by atoms with Crippen LogP contribution in [0.1, 0.15) is 13.8 Å². The predicted molar refractivity (Wildman–Crippen MR) is 107 cm³/mol. The number of hydrogen-bond acceptors (Lipinski definition) is 5. The van der Waals surface area contributed by atoms with E-state index in [0.717, 1.165) is 16.5 Å². The Hall–Kier alpha value is -3.21. The first kappa shape index (κ1) is 19.1. The Morgan fingerprint density at radius 3 is 2.86 bits per heavy atom. The van der Waals surface area contributed by atoms with Crippen LogP contribution in [0.2, 0.25) is 0 Å². The van der Waals surface area contributed by atoms with Crippen molar-refractivity contribution in [2.45, 2.75) is 19.4 Å². The molecule has 0 amide bonds. The number of H-pyrrole nitrogens is 1. The highest BCUT2D eigenvalue weighted by Crippen LogP contribution is 2.41. The zero-order chi connectivity index (χ0) is 20.8. The number of nitriles is 1. The second-order valence-electron chi connectivity index (χ2n) is 7.17. The third-order valence-electron chi connectivity index (χ3n) is 5.67. The van der Waals surface area contributed by atoms with Gasteiger partial charge in [0.25, 0.3) is 0 Å². The van der Waals surface area contributed by atoms with Gasteiger partial charge in [0, 0.05) is 48.2 Å². The van der Waals surface area contributed by atoms with Crippen molar-refractivity contribution in [3.8, 4) is 17.2 Å². The fraction of sp³-hybridized carbons (Fsp3) is 0.368. The number of nitrogens with one attached hydrogen (secondary N) is 1. The Kier molecular flexibility index (Phi) is 4.41. The summed E-state index contributed by atoms with van der Waals surface area (Å²) in [5.41, 5.74) is 1.78. The van der Waals surface area contributed by atoms with Gasteiger partial charge in [-0.1, -0.05) is 0 Å². The summed E-state index contributed by atoms with van der Waals surface area (Å²) in [6.07, 6.45) is 6.72. The van der Waals surface area contributed by atoms with E-state index in [4.69, 9.17) is 6.57 Å². The Balaban J connectivity index is 1.79. The number of rotatable bonds is 5. The van der Waals surface area contributed by atoms with E-state index in [9.17, 15) is 13.7 Å². The zero-order valence-electron chi connectivity index (χ0n) is 16.0. The summed E-state index contributed by atoms with van der Waals surface area (Å²) in [5, 5.41) is 14.8. The summed E-state index contributed by atoms with van der Waals surface area (Å²) in [7, 11) is -3.33. The number of hydrogen-bond donors (Lipinski definition) is 1. The second kappa shape index (κ2) is 6.69. The molecule has 0 aromatic carbocycles. The fourth-order valence-electron chi connectivity index (χ4n) is 3.76. The molecule has 0 bridgehead atoms. The van der Waals surface area contributed by atoms with E-state index in [0.29, 0.717) is 11.3 Å². The summed E-state index contributed by atoms with van der Waals surface area (Å²) >= 11 is 0. The van der Waals surface area contributed by atoms with Crippen molar-refractivity contribution in [1.82, 2.24) is 24.1 Å². The van der Waals surface area contributed by atoms with E-state index in [1.165, 1.54) is 10.5 Å². The summed E-state index contributed by atoms with van der Waals surface area (Å²) < 4.78 is 27.5. The van der Waals surface area contributed by atoms with Crippen LogP contribution in [-0.4, -0.2) is 51.3 Å². The quantitative estimate of drug-likeness (QED) is 0.651. The molecule has 0 saturated carbocycles. The largest absolute Gasteiger partial charge is 0.346 e. The number of aromatic amines is 1. The smallest absolute Gasteiger partial charge is 0.213 e. The molecule has 3 aromatic rings. The van der Waals surface area contributed by atoms with Gasteiger partial charge < -0.3 is 4.98 Å². The third-order valence-corrected chi connectivity index (χ3v) is 7.45. The maximum atomic E-state index is 12.2. The van der Waals surface area contributed by atoms with Crippen molar-refractivity contribution in [3.05, 3.63) is 42.3 Å². The van der Waals surface area contributed by atoms with Crippen molar-refractivity contribution in [3.63, 3.8) is 0 Å². The summed E-state index contributed by atoms with van der Waals surface area (Å²) in [4.78, 5) is 10.9. The SMILES string of the molecule is [C-]#[N+]c1cnc2[nH]ccc2c1-c1cnn(C2([C@H](C)C#N)CN(S(=O)(=O)CC)C2)c1. The lowest BCUT2D eigenvalue weighted by Gasteiger charge is -2.50. The van der Waals surface area contributed by atoms with Gasteiger partial charge in [0.05, 0.1) is 30.5 Å². The van der Waals surface area contributed by atoms with Crippen molar-refractivity contribution >= 4 is 26.7 Å². The fourth-order valence-corrected chi connectivity index (χ4v) is 4.97. The number of pyridine rings is 1. The van der Waals surface area contributed by atoms with Crippen LogP contribution in [0.4, 0.5) is 5.69 Å². The molecule has 1 saturated heterocycles. The standard InChI is InChI=1S/C19H19N7O2S/c1-4-29(27,28)25-11-19(12-25,13(2)7-20)26-10-14(8-24-26)17-15-5-6-22-18(15)23-9-16(17)21-3/h5-6,8-10,13H,4,11-12H2,1-2H3,(H,22,23)/t13-/m1/s1. The average molecular weight is 409 g/mol. The molecular formula is C19H19N7O2S. The zero-order valence-corrected chi connectivity index (χ0v) is 16.8. The molecule has 0 aliphatic carbocycles. The van der Waals surface area contributed by atoms with Gasteiger partial charge in [0.15, 0.2) is 0 Å². The first-order chi connectivity index (χ1) is 13.9. The predicted octanol–water partition coefficient (Wildman–Crippen LogP) is 2.50. The van der Waals surface area contributed by atoms with E-state index in [1.54, 1.807) is 37.1 Å². The van der Waals surface area contributed by atoms with Gasteiger partial charge in [-0.25, -0.2) is 13.3 Å². The molecule has 1 atom stereocenters. The lowest BCUT2D eigenvalue weighted by molar-refractivity contribution is 0.0357. The molecule has 3 aromatic heterocycles. The van der Waals surface area contributed by atoms with Crippen LogP contribution in [0.15, 0.2) is 30.9 Å². The Morgan fingerprint density at radius 2 is 2.21 bits per heavy atom. The topological polar surface area (TPSA) is 112 Å². The van der Waals surface area contributed by atoms with Gasteiger partial charge >= 0.3 is 0 Å².